The summed E-state index contributed by atoms with van der Waals surface area (Å²) in [5, 5.41) is 10.7. The number of nitriles is 1. The minimum absolute atomic E-state index is 0.0000461. The summed E-state index contributed by atoms with van der Waals surface area (Å²) in [4.78, 5) is 16.4. The second kappa shape index (κ2) is 10.2. The SMILES string of the molecule is Cn1nc(OS(=O)(=O)C(F)(C(F)(F)F)C(F)(F)F)c(C(F)(F)F)c1-n1cc(-c2cnc(Cl)c(C(=O)NC3(C#N)CC3)c2)cn1. The highest BCUT2D eigenvalue weighted by molar-refractivity contribution is 7.88. The molecule has 3 aromatic rings. The first kappa shape index (κ1) is 32.8. The zero-order chi connectivity index (χ0) is 33.3. The quantitative estimate of drug-likeness (QED) is 0.216. The van der Waals surface area contributed by atoms with Gasteiger partial charge in [-0.05, 0) is 18.9 Å². The Kier molecular flexibility index (Phi) is 7.61. The maximum absolute atomic E-state index is 14.2. The number of nitrogens with zero attached hydrogens (tertiary/aromatic N) is 6. The molecule has 0 bridgehead atoms. The van der Waals surface area contributed by atoms with Crippen LogP contribution in [0.3, 0.4) is 0 Å². The average molecular weight is 684 g/mol. The van der Waals surface area contributed by atoms with Crippen LogP contribution < -0.4 is 9.50 Å². The summed E-state index contributed by atoms with van der Waals surface area (Å²) in [6.07, 6.45) is -16.8. The number of aromatic nitrogens is 5. The lowest BCUT2D eigenvalue weighted by Crippen LogP contribution is -2.60. The van der Waals surface area contributed by atoms with E-state index in [1.165, 1.54) is 0 Å². The summed E-state index contributed by atoms with van der Waals surface area (Å²) in [6.45, 7) is 0. The molecule has 0 aliphatic heterocycles. The number of nitrogens with one attached hydrogen (secondary N) is 1. The predicted octanol–water partition coefficient (Wildman–Crippen LogP) is 4.62. The van der Waals surface area contributed by atoms with Crippen molar-refractivity contribution in [3.63, 3.8) is 0 Å². The molecule has 1 fully saturated rings. The maximum Gasteiger partial charge on any atom is 0.450 e. The largest absolute Gasteiger partial charge is 0.450 e. The van der Waals surface area contributed by atoms with Crippen LogP contribution in [0, 0.1) is 11.3 Å². The Morgan fingerprint density at radius 3 is 2.16 bits per heavy atom. The van der Waals surface area contributed by atoms with E-state index < -0.39 is 62.4 Å². The van der Waals surface area contributed by atoms with Crippen LogP contribution in [0.25, 0.3) is 16.9 Å². The molecule has 44 heavy (non-hydrogen) atoms. The van der Waals surface area contributed by atoms with Crippen LogP contribution in [0.15, 0.2) is 24.7 Å². The lowest BCUT2D eigenvalue weighted by atomic mass is 10.1. The number of amides is 1. The van der Waals surface area contributed by atoms with Crippen LogP contribution in [0.4, 0.5) is 43.9 Å². The number of aryl methyl sites for hydroxylation is 1. The van der Waals surface area contributed by atoms with Gasteiger partial charge in [-0.25, -0.2) is 18.7 Å². The highest BCUT2D eigenvalue weighted by Crippen LogP contribution is 2.51. The standard InChI is InChI=1S/C21H12ClF10N7O4S/c1-38-16(12(18(23,24)25)15(37-38)43-44(41,42)19(26,20(27,28)29)21(30,31)32)39-7-10(6-35-39)9-4-11(13(22)34-5-9)14(40)36-17(8-33)2-3-17/h4-7H,2-3H2,1H3,(H,36,40). The van der Waals surface area contributed by atoms with Gasteiger partial charge in [0, 0.05) is 30.6 Å². The Hall–Kier alpha value is -4.13. The number of carbonyl (C=O) groups is 1. The lowest BCUT2D eigenvalue weighted by molar-refractivity contribution is -0.307. The van der Waals surface area contributed by atoms with Gasteiger partial charge < -0.3 is 9.50 Å². The van der Waals surface area contributed by atoms with Crippen molar-refractivity contribution in [3.05, 3.63) is 40.9 Å². The minimum Gasteiger partial charge on any atom is -0.356 e. The molecule has 3 heterocycles. The molecule has 1 N–H and O–H groups in total. The summed E-state index contributed by atoms with van der Waals surface area (Å²) in [5.41, 5.74) is -3.79. The van der Waals surface area contributed by atoms with E-state index in [2.05, 4.69) is 24.7 Å². The molecule has 0 unspecified atom stereocenters. The van der Waals surface area contributed by atoms with Crippen LogP contribution in [0.1, 0.15) is 28.8 Å². The average Bonchev–Trinajstić information content (AvgIpc) is 3.32. The number of hydrogen-bond donors (Lipinski definition) is 1. The summed E-state index contributed by atoms with van der Waals surface area (Å²) in [7, 11) is -6.96. The zero-order valence-corrected chi connectivity index (χ0v) is 22.7. The van der Waals surface area contributed by atoms with Gasteiger partial charge in [-0.1, -0.05) is 11.6 Å². The summed E-state index contributed by atoms with van der Waals surface area (Å²) in [6, 6.07) is 3.04. The fourth-order valence-electron chi connectivity index (χ4n) is 3.69. The van der Waals surface area contributed by atoms with Crippen molar-refractivity contribution in [2.75, 3.05) is 0 Å². The molecule has 4 rings (SSSR count). The number of pyridine rings is 1. The van der Waals surface area contributed by atoms with Crippen molar-refractivity contribution in [3.8, 4) is 28.9 Å². The summed E-state index contributed by atoms with van der Waals surface area (Å²) in [5.74, 6) is -4.48. The fourth-order valence-corrected chi connectivity index (χ4v) is 4.89. The number of alkyl halides is 10. The summed E-state index contributed by atoms with van der Waals surface area (Å²) >= 11 is 5.96. The van der Waals surface area contributed by atoms with Gasteiger partial charge in [0.2, 0.25) is 0 Å². The molecule has 0 radical (unpaired) electrons. The van der Waals surface area contributed by atoms with Gasteiger partial charge in [0.25, 0.3) is 11.8 Å². The van der Waals surface area contributed by atoms with Gasteiger partial charge in [-0.15, -0.1) is 5.10 Å². The van der Waals surface area contributed by atoms with Gasteiger partial charge in [-0.2, -0.15) is 58.3 Å². The second-order valence-corrected chi connectivity index (χ2v) is 11.1. The van der Waals surface area contributed by atoms with E-state index in [0.717, 1.165) is 24.7 Å². The predicted molar refractivity (Wildman–Crippen MR) is 124 cm³/mol. The molecule has 0 atom stereocenters. The van der Waals surface area contributed by atoms with Gasteiger partial charge in [0.15, 0.2) is 11.4 Å². The Morgan fingerprint density at radius 1 is 1.07 bits per heavy atom. The van der Waals surface area contributed by atoms with E-state index in [0.29, 0.717) is 24.6 Å². The Balaban J connectivity index is 1.77. The van der Waals surface area contributed by atoms with Crippen molar-refractivity contribution < 1.29 is 61.3 Å². The number of rotatable bonds is 7. The van der Waals surface area contributed by atoms with Crippen molar-refractivity contribution in [1.29, 1.82) is 5.26 Å². The fraction of sp³-hybridized carbons (Fsp3) is 0.381. The van der Waals surface area contributed by atoms with E-state index in [1.54, 1.807) is 0 Å². The number of halogens is 11. The van der Waals surface area contributed by atoms with Crippen LogP contribution in [-0.4, -0.2) is 61.8 Å². The molecule has 23 heteroatoms. The monoisotopic (exact) mass is 683 g/mol. The molecule has 0 spiro atoms. The Labute approximate surface area is 243 Å². The molecule has 1 amide bonds. The molecule has 3 aromatic heterocycles. The topological polar surface area (TPSA) is 145 Å². The number of hydrogen-bond acceptors (Lipinski definition) is 8. The molecule has 1 aliphatic rings. The third kappa shape index (κ3) is 5.49. The van der Waals surface area contributed by atoms with E-state index in [4.69, 9.17) is 11.6 Å². The van der Waals surface area contributed by atoms with Crippen molar-refractivity contribution >= 4 is 27.6 Å². The van der Waals surface area contributed by atoms with Gasteiger partial charge in [-0.3, -0.25) is 4.79 Å². The van der Waals surface area contributed by atoms with Crippen LogP contribution in [-0.2, 0) is 23.3 Å². The smallest absolute Gasteiger partial charge is 0.356 e. The first-order valence-electron chi connectivity index (χ1n) is 11.3. The van der Waals surface area contributed by atoms with Gasteiger partial charge in [0.05, 0.1) is 17.8 Å². The minimum atomic E-state index is -7.63. The van der Waals surface area contributed by atoms with Crippen LogP contribution in [0.5, 0.6) is 5.88 Å². The maximum atomic E-state index is 14.2. The van der Waals surface area contributed by atoms with Crippen molar-refractivity contribution in [1.82, 2.24) is 29.9 Å². The Bertz CT molecular complexity index is 1770. The Morgan fingerprint density at radius 2 is 1.66 bits per heavy atom. The van der Waals surface area contributed by atoms with E-state index in [-0.39, 0.29) is 26.5 Å². The van der Waals surface area contributed by atoms with Crippen molar-refractivity contribution in [2.45, 2.75) is 41.9 Å². The van der Waals surface area contributed by atoms with Crippen LogP contribution >= 0.6 is 11.6 Å². The van der Waals surface area contributed by atoms with Gasteiger partial charge >= 0.3 is 33.6 Å². The van der Waals surface area contributed by atoms with E-state index >= 15 is 0 Å². The number of carbonyl (C=O) groups excluding carboxylic acids is 1. The first-order valence-corrected chi connectivity index (χ1v) is 13.1. The van der Waals surface area contributed by atoms with Crippen molar-refractivity contribution in [2.24, 2.45) is 7.05 Å². The normalized spacial score (nSPS) is 15.5. The van der Waals surface area contributed by atoms with E-state index in [1.807, 2.05) is 6.07 Å². The highest BCUT2D eigenvalue weighted by atomic mass is 35.5. The molecule has 0 aromatic carbocycles. The molecule has 0 saturated heterocycles. The third-order valence-electron chi connectivity index (χ3n) is 6.06. The highest BCUT2D eigenvalue weighted by Gasteiger charge is 2.82. The zero-order valence-electron chi connectivity index (χ0n) is 21.1. The van der Waals surface area contributed by atoms with Gasteiger partial charge in [0.1, 0.15) is 10.7 Å². The van der Waals surface area contributed by atoms with E-state index in [9.17, 15) is 62.4 Å². The molecule has 1 saturated carbocycles. The first-order chi connectivity index (χ1) is 20.0. The molecule has 238 valence electrons. The molecular weight excluding hydrogens is 672 g/mol. The molecule has 1 aliphatic carbocycles. The third-order valence-corrected chi connectivity index (χ3v) is 7.89. The second-order valence-electron chi connectivity index (χ2n) is 9.14. The molecule has 11 nitrogen and oxygen atoms in total. The van der Waals surface area contributed by atoms with Crippen LogP contribution in [0.2, 0.25) is 5.15 Å². The lowest BCUT2D eigenvalue weighted by Gasteiger charge is -2.28. The summed E-state index contributed by atoms with van der Waals surface area (Å²) < 4.78 is 162. The molecular formula is C21H12ClF10N7O4S.